The van der Waals surface area contributed by atoms with Crippen LogP contribution in [0.4, 0.5) is 0 Å². The van der Waals surface area contributed by atoms with Crippen molar-refractivity contribution in [1.82, 2.24) is 0 Å². The number of hydrogen-bond acceptors (Lipinski definition) is 6. The van der Waals surface area contributed by atoms with Gasteiger partial charge in [0.05, 0.1) is 0 Å². The van der Waals surface area contributed by atoms with Crippen LogP contribution in [-0.4, -0.2) is 37.2 Å². The molecular weight excluding hydrogens is 949 g/mol. The predicted molar refractivity (Wildman–Crippen MR) is 334 cm³/mol. The Morgan fingerprint density at radius 1 is 0.273 bits per heavy atom. The molecule has 0 aromatic rings. The van der Waals surface area contributed by atoms with Gasteiger partial charge in [0.2, 0.25) is 0 Å². The SMILES string of the molecule is CC/C=C\C/C=C\C/C=C\C/C=C\CCCCCCCCCCCCCCC(=O)OCC(COC(=O)CCCCCCCCCCCCCCCCCCC)OC(=O)CCCCCC/C=C\C/C=C\C/C=C\C/C=C\CC. The zero-order valence-electron chi connectivity index (χ0n) is 50.7. The van der Waals surface area contributed by atoms with Crippen molar-refractivity contribution >= 4 is 17.9 Å². The van der Waals surface area contributed by atoms with Gasteiger partial charge in [-0.15, -0.1) is 0 Å². The van der Waals surface area contributed by atoms with Crippen LogP contribution in [0.3, 0.4) is 0 Å². The van der Waals surface area contributed by atoms with Crippen LogP contribution in [0.2, 0.25) is 0 Å². The summed E-state index contributed by atoms with van der Waals surface area (Å²) in [4.78, 5) is 38.4. The molecule has 0 aromatic carbocycles. The summed E-state index contributed by atoms with van der Waals surface area (Å²) in [5, 5.41) is 0. The summed E-state index contributed by atoms with van der Waals surface area (Å²) in [7, 11) is 0. The first-order valence-electron chi connectivity index (χ1n) is 32.7. The molecule has 0 radical (unpaired) electrons. The van der Waals surface area contributed by atoms with Crippen molar-refractivity contribution in [2.45, 2.75) is 322 Å². The summed E-state index contributed by atoms with van der Waals surface area (Å²) >= 11 is 0. The van der Waals surface area contributed by atoms with Gasteiger partial charge in [-0.2, -0.15) is 0 Å². The number of carbonyl (C=O) groups excluding carboxylic acids is 3. The van der Waals surface area contributed by atoms with Gasteiger partial charge in [0.25, 0.3) is 0 Å². The second kappa shape index (κ2) is 64.9. The first-order valence-corrected chi connectivity index (χ1v) is 32.7. The Bertz CT molecular complexity index is 1510. The Hall–Kier alpha value is -3.67. The van der Waals surface area contributed by atoms with Gasteiger partial charge in [0.15, 0.2) is 6.10 Å². The molecular formula is C71H122O6. The van der Waals surface area contributed by atoms with E-state index in [1.165, 1.54) is 154 Å². The lowest BCUT2D eigenvalue weighted by Crippen LogP contribution is -2.30. The number of carbonyl (C=O) groups is 3. The van der Waals surface area contributed by atoms with Gasteiger partial charge < -0.3 is 14.2 Å². The van der Waals surface area contributed by atoms with Gasteiger partial charge in [-0.25, -0.2) is 0 Å². The van der Waals surface area contributed by atoms with Gasteiger partial charge in [0.1, 0.15) is 13.2 Å². The van der Waals surface area contributed by atoms with E-state index >= 15 is 0 Å². The molecule has 0 N–H and O–H groups in total. The lowest BCUT2D eigenvalue weighted by atomic mass is 10.0. The normalized spacial score (nSPS) is 12.7. The van der Waals surface area contributed by atoms with E-state index in [-0.39, 0.29) is 31.1 Å². The molecule has 0 aliphatic carbocycles. The third-order valence-electron chi connectivity index (χ3n) is 14.1. The minimum atomic E-state index is -0.791. The van der Waals surface area contributed by atoms with Crippen LogP contribution in [0, 0.1) is 0 Å². The molecule has 442 valence electrons. The lowest BCUT2D eigenvalue weighted by Gasteiger charge is -2.18. The second-order valence-corrected chi connectivity index (χ2v) is 21.6. The number of rotatable bonds is 59. The van der Waals surface area contributed by atoms with E-state index in [2.05, 4.69) is 118 Å². The van der Waals surface area contributed by atoms with Crippen molar-refractivity contribution in [3.63, 3.8) is 0 Å². The molecule has 0 heterocycles. The molecule has 0 bridgehead atoms. The summed E-state index contributed by atoms with van der Waals surface area (Å²) in [6.45, 7) is 6.43. The largest absolute Gasteiger partial charge is 0.462 e. The van der Waals surface area contributed by atoms with E-state index in [9.17, 15) is 14.4 Å². The number of unbranched alkanes of at least 4 members (excludes halogenated alkanes) is 32. The lowest BCUT2D eigenvalue weighted by molar-refractivity contribution is -0.167. The molecule has 0 rings (SSSR count). The van der Waals surface area contributed by atoms with E-state index in [0.717, 1.165) is 122 Å². The van der Waals surface area contributed by atoms with Crippen molar-refractivity contribution < 1.29 is 28.6 Å². The molecule has 0 saturated heterocycles. The standard InChI is InChI=1S/C71H122O6/c1-4-7-10-13-16-19-22-25-28-31-32-33-34-35-36-37-38-41-43-46-49-52-55-58-61-64-70(73)76-67-68(77-71(74)65-62-59-56-53-50-47-44-40-30-27-24-21-18-15-12-9-6-3)66-75-69(72)63-60-57-54-51-48-45-42-39-29-26-23-20-17-14-11-8-5-2/h7,9-10,12,16,18-19,21,25,27-28,30,32-33,44,47,68H,4-6,8,11,13-15,17,20,22-24,26,29,31,34-43,45-46,48-67H2,1-3H3/b10-7-,12-9-,19-16-,21-18-,28-25-,30-27-,33-32-,47-44-. The van der Waals surface area contributed by atoms with Crippen LogP contribution in [0.25, 0.3) is 0 Å². The molecule has 0 spiro atoms. The highest BCUT2D eigenvalue weighted by atomic mass is 16.6. The molecule has 0 amide bonds. The summed E-state index contributed by atoms with van der Waals surface area (Å²) in [5.41, 5.74) is 0. The van der Waals surface area contributed by atoms with Crippen LogP contribution >= 0.6 is 0 Å². The monoisotopic (exact) mass is 1070 g/mol. The van der Waals surface area contributed by atoms with Gasteiger partial charge in [-0.1, -0.05) is 298 Å². The Labute approximate surface area is 477 Å². The molecule has 0 saturated carbocycles. The first-order chi connectivity index (χ1) is 38.0. The topological polar surface area (TPSA) is 78.9 Å². The molecule has 0 fully saturated rings. The molecule has 0 aliphatic heterocycles. The van der Waals surface area contributed by atoms with Crippen molar-refractivity contribution in [3.8, 4) is 0 Å². The predicted octanol–water partition coefficient (Wildman–Crippen LogP) is 22.4. The Morgan fingerprint density at radius 3 is 0.792 bits per heavy atom. The van der Waals surface area contributed by atoms with Crippen LogP contribution in [0.5, 0.6) is 0 Å². The average Bonchev–Trinajstić information content (AvgIpc) is 3.43. The Kier molecular flexibility index (Phi) is 61.8. The molecule has 0 aliphatic rings. The van der Waals surface area contributed by atoms with E-state index < -0.39 is 6.10 Å². The Morgan fingerprint density at radius 2 is 0.506 bits per heavy atom. The zero-order valence-corrected chi connectivity index (χ0v) is 50.7. The summed E-state index contributed by atoms with van der Waals surface area (Å²) in [5.74, 6) is -0.897. The van der Waals surface area contributed by atoms with Crippen LogP contribution in [-0.2, 0) is 28.6 Å². The highest BCUT2D eigenvalue weighted by molar-refractivity contribution is 5.71. The quantitative estimate of drug-likeness (QED) is 0.0261. The van der Waals surface area contributed by atoms with E-state index in [1.54, 1.807) is 0 Å². The van der Waals surface area contributed by atoms with E-state index in [0.29, 0.717) is 19.3 Å². The van der Waals surface area contributed by atoms with Crippen molar-refractivity contribution in [2.75, 3.05) is 13.2 Å². The Balaban J connectivity index is 4.35. The number of hydrogen-bond donors (Lipinski definition) is 0. The summed E-state index contributed by atoms with van der Waals surface area (Å²) < 4.78 is 16.9. The third kappa shape index (κ3) is 63.0. The summed E-state index contributed by atoms with van der Waals surface area (Å²) in [6.07, 6.45) is 87.0. The van der Waals surface area contributed by atoms with Gasteiger partial charge in [-0.3, -0.25) is 14.4 Å². The molecule has 6 heteroatoms. The fraction of sp³-hybridized carbons (Fsp3) is 0.732. The molecule has 0 aromatic heterocycles. The average molecular weight is 1070 g/mol. The van der Waals surface area contributed by atoms with Crippen molar-refractivity contribution in [3.05, 3.63) is 97.2 Å². The maximum Gasteiger partial charge on any atom is 0.306 e. The minimum absolute atomic E-state index is 0.0850. The number of ether oxygens (including phenoxy) is 3. The minimum Gasteiger partial charge on any atom is -0.462 e. The molecule has 1 atom stereocenters. The fourth-order valence-corrected chi connectivity index (χ4v) is 9.25. The number of allylic oxidation sites excluding steroid dienone is 16. The molecule has 1 unspecified atom stereocenters. The highest BCUT2D eigenvalue weighted by Gasteiger charge is 2.19. The van der Waals surface area contributed by atoms with Crippen molar-refractivity contribution in [1.29, 1.82) is 0 Å². The van der Waals surface area contributed by atoms with E-state index in [4.69, 9.17) is 14.2 Å². The highest BCUT2D eigenvalue weighted by Crippen LogP contribution is 2.17. The van der Waals surface area contributed by atoms with Crippen LogP contribution in [0.1, 0.15) is 316 Å². The summed E-state index contributed by atoms with van der Waals surface area (Å²) in [6, 6.07) is 0. The van der Waals surface area contributed by atoms with Gasteiger partial charge in [0, 0.05) is 19.3 Å². The van der Waals surface area contributed by atoms with Crippen LogP contribution in [0.15, 0.2) is 97.2 Å². The second-order valence-electron chi connectivity index (χ2n) is 21.6. The fourth-order valence-electron chi connectivity index (χ4n) is 9.25. The van der Waals surface area contributed by atoms with E-state index in [1.807, 2.05) is 0 Å². The third-order valence-corrected chi connectivity index (χ3v) is 14.1. The van der Waals surface area contributed by atoms with Crippen molar-refractivity contribution in [2.24, 2.45) is 0 Å². The number of esters is 3. The first kappa shape index (κ1) is 73.3. The zero-order chi connectivity index (χ0) is 55.7. The smallest absolute Gasteiger partial charge is 0.306 e. The maximum absolute atomic E-state index is 12.9. The van der Waals surface area contributed by atoms with Gasteiger partial charge in [-0.05, 0) is 96.3 Å². The van der Waals surface area contributed by atoms with Gasteiger partial charge >= 0.3 is 17.9 Å². The molecule has 77 heavy (non-hydrogen) atoms. The van der Waals surface area contributed by atoms with Crippen LogP contribution < -0.4 is 0 Å². The molecule has 6 nitrogen and oxygen atoms in total. The maximum atomic E-state index is 12.9.